The second kappa shape index (κ2) is 2.89. The van der Waals surface area contributed by atoms with E-state index in [1.807, 2.05) is 10.6 Å². The van der Waals surface area contributed by atoms with E-state index < -0.39 is 23.7 Å². The predicted molar refractivity (Wildman–Crippen MR) is 35.1 cm³/mol. The standard InChI is InChI=1S/C6H4N4O2/c7-1-9-3-5(11)4(6(3)12)10-2-8/h3-4,9-10H. The van der Waals surface area contributed by atoms with Crippen LogP contribution in [0.25, 0.3) is 0 Å². The van der Waals surface area contributed by atoms with E-state index in [0.29, 0.717) is 0 Å². The summed E-state index contributed by atoms with van der Waals surface area (Å²) in [5.74, 6) is -0.939. The van der Waals surface area contributed by atoms with Crippen molar-refractivity contribution in [3.63, 3.8) is 0 Å². The Bertz CT molecular complexity index is 266. The molecule has 1 aliphatic rings. The van der Waals surface area contributed by atoms with Crippen LogP contribution in [0.3, 0.4) is 0 Å². The molecule has 0 atom stereocenters. The van der Waals surface area contributed by atoms with Crippen molar-refractivity contribution in [2.45, 2.75) is 12.1 Å². The first kappa shape index (κ1) is 8.02. The van der Waals surface area contributed by atoms with Crippen LogP contribution in [-0.4, -0.2) is 23.7 Å². The maximum Gasteiger partial charge on any atom is 0.193 e. The number of nitrogens with one attached hydrogen (secondary N) is 2. The van der Waals surface area contributed by atoms with Gasteiger partial charge in [0.1, 0.15) is 0 Å². The predicted octanol–water partition coefficient (Wildman–Crippen LogP) is -1.98. The molecule has 60 valence electrons. The highest BCUT2D eigenvalue weighted by Gasteiger charge is 2.49. The normalized spacial score (nSPS) is 26.5. The van der Waals surface area contributed by atoms with Gasteiger partial charge in [0, 0.05) is 0 Å². The Morgan fingerprint density at radius 3 is 1.58 bits per heavy atom. The Balaban J connectivity index is 2.59. The third-order valence-electron chi connectivity index (χ3n) is 1.56. The number of rotatable bonds is 2. The van der Waals surface area contributed by atoms with E-state index >= 15 is 0 Å². The highest BCUT2D eigenvalue weighted by molar-refractivity contribution is 6.30. The molecule has 0 heterocycles. The quantitative estimate of drug-likeness (QED) is 0.278. The van der Waals surface area contributed by atoms with Crippen LogP contribution in [0.5, 0.6) is 0 Å². The fraction of sp³-hybridized carbons (Fsp3) is 0.333. The largest absolute Gasteiger partial charge is 0.306 e. The zero-order valence-electron chi connectivity index (χ0n) is 5.87. The fourth-order valence-corrected chi connectivity index (χ4v) is 0.931. The van der Waals surface area contributed by atoms with Crippen molar-refractivity contribution in [2.24, 2.45) is 0 Å². The summed E-state index contributed by atoms with van der Waals surface area (Å²) in [5, 5.41) is 20.3. The average molecular weight is 164 g/mol. The molecular formula is C6H4N4O2. The molecule has 1 fully saturated rings. The number of hydrogen-bond acceptors (Lipinski definition) is 6. The number of nitrogens with zero attached hydrogens (tertiary/aromatic N) is 2. The smallest absolute Gasteiger partial charge is 0.193 e. The van der Waals surface area contributed by atoms with Crippen LogP contribution in [0.15, 0.2) is 0 Å². The Morgan fingerprint density at radius 2 is 1.33 bits per heavy atom. The summed E-state index contributed by atoms with van der Waals surface area (Å²) >= 11 is 0. The van der Waals surface area contributed by atoms with Crippen LogP contribution in [0.1, 0.15) is 0 Å². The van der Waals surface area contributed by atoms with Crippen molar-refractivity contribution in [1.29, 1.82) is 10.5 Å². The lowest BCUT2D eigenvalue weighted by atomic mass is 9.83. The van der Waals surface area contributed by atoms with E-state index in [9.17, 15) is 9.59 Å². The molecule has 0 aromatic rings. The molecule has 2 N–H and O–H groups in total. The fourth-order valence-electron chi connectivity index (χ4n) is 0.931. The highest BCUT2D eigenvalue weighted by Crippen LogP contribution is 2.10. The molecule has 0 saturated heterocycles. The van der Waals surface area contributed by atoms with Gasteiger partial charge in [-0.15, -0.1) is 0 Å². The molecule has 0 aliphatic heterocycles. The van der Waals surface area contributed by atoms with Gasteiger partial charge in [0.25, 0.3) is 0 Å². The highest BCUT2D eigenvalue weighted by atomic mass is 16.2. The van der Waals surface area contributed by atoms with E-state index in [1.54, 1.807) is 0 Å². The molecule has 0 bridgehead atoms. The zero-order valence-corrected chi connectivity index (χ0v) is 5.87. The van der Waals surface area contributed by atoms with Crippen molar-refractivity contribution >= 4 is 11.6 Å². The molecule has 12 heavy (non-hydrogen) atoms. The maximum absolute atomic E-state index is 10.9. The lowest BCUT2D eigenvalue weighted by Gasteiger charge is -2.28. The van der Waals surface area contributed by atoms with Crippen LogP contribution >= 0.6 is 0 Å². The Hall–Kier alpha value is -2.08. The number of nitriles is 2. The van der Waals surface area contributed by atoms with Crippen molar-refractivity contribution in [2.75, 3.05) is 0 Å². The van der Waals surface area contributed by atoms with Crippen LogP contribution in [0, 0.1) is 22.9 Å². The lowest BCUT2D eigenvalue weighted by Crippen LogP contribution is -2.67. The minimum absolute atomic E-state index is 0.469. The molecule has 0 radical (unpaired) electrons. The van der Waals surface area contributed by atoms with Crippen molar-refractivity contribution in [1.82, 2.24) is 10.6 Å². The molecule has 0 spiro atoms. The second-order valence-corrected chi connectivity index (χ2v) is 2.18. The van der Waals surface area contributed by atoms with Crippen LogP contribution in [0.4, 0.5) is 0 Å². The summed E-state index contributed by atoms with van der Waals surface area (Å²) in [6.07, 6.45) is 2.98. The number of hydrogen-bond donors (Lipinski definition) is 2. The minimum atomic E-state index is -1.05. The van der Waals surface area contributed by atoms with Crippen LogP contribution in [0.2, 0.25) is 0 Å². The summed E-state index contributed by atoms with van der Waals surface area (Å²) in [5.41, 5.74) is 0. The maximum atomic E-state index is 10.9. The number of carbonyl (C=O) groups excluding carboxylic acids is 2. The van der Waals surface area contributed by atoms with Crippen LogP contribution in [-0.2, 0) is 9.59 Å². The van der Waals surface area contributed by atoms with Gasteiger partial charge in [-0.2, -0.15) is 10.5 Å². The topological polar surface area (TPSA) is 106 Å². The minimum Gasteiger partial charge on any atom is -0.306 e. The van der Waals surface area contributed by atoms with Gasteiger partial charge in [-0.25, -0.2) is 0 Å². The number of ketones is 2. The Labute approximate surface area is 67.8 Å². The molecule has 0 aromatic heterocycles. The molecule has 0 unspecified atom stereocenters. The van der Waals surface area contributed by atoms with E-state index in [1.165, 1.54) is 12.4 Å². The van der Waals surface area contributed by atoms with E-state index in [2.05, 4.69) is 0 Å². The van der Waals surface area contributed by atoms with Gasteiger partial charge in [0.15, 0.2) is 36.0 Å². The van der Waals surface area contributed by atoms with Crippen molar-refractivity contribution in [3.05, 3.63) is 0 Å². The third kappa shape index (κ3) is 0.956. The van der Waals surface area contributed by atoms with Gasteiger partial charge in [-0.3, -0.25) is 9.59 Å². The summed E-state index contributed by atoms with van der Waals surface area (Å²) in [6, 6.07) is -2.11. The average Bonchev–Trinajstić information content (AvgIpc) is 2.10. The van der Waals surface area contributed by atoms with E-state index in [4.69, 9.17) is 10.5 Å². The molecule has 0 aromatic carbocycles. The van der Waals surface area contributed by atoms with Gasteiger partial charge in [0.2, 0.25) is 0 Å². The van der Waals surface area contributed by atoms with Gasteiger partial charge >= 0.3 is 0 Å². The molecule has 0 amide bonds. The summed E-state index contributed by atoms with van der Waals surface area (Å²) in [6.45, 7) is 0. The van der Waals surface area contributed by atoms with Gasteiger partial charge in [-0.1, -0.05) is 0 Å². The first-order valence-corrected chi connectivity index (χ1v) is 3.09. The van der Waals surface area contributed by atoms with Gasteiger partial charge in [-0.05, 0) is 0 Å². The molecule has 1 rings (SSSR count). The van der Waals surface area contributed by atoms with E-state index in [-0.39, 0.29) is 0 Å². The first-order valence-electron chi connectivity index (χ1n) is 3.09. The van der Waals surface area contributed by atoms with Crippen molar-refractivity contribution in [3.8, 4) is 12.4 Å². The monoisotopic (exact) mass is 164 g/mol. The number of Topliss-reactive ketones (excluding diaryl/α,β-unsaturated/α-hetero) is 2. The lowest BCUT2D eigenvalue weighted by molar-refractivity contribution is -0.143. The van der Waals surface area contributed by atoms with Gasteiger partial charge in [0.05, 0.1) is 0 Å². The first-order chi connectivity index (χ1) is 5.72. The SMILES string of the molecule is N#CNC1C(=O)C(NC#N)C1=O. The third-order valence-corrected chi connectivity index (χ3v) is 1.56. The number of carbonyl (C=O) groups is 2. The zero-order chi connectivity index (χ0) is 9.14. The second-order valence-electron chi connectivity index (χ2n) is 2.18. The summed E-state index contributed by atoms with van der Waals surface area (Å²) in [4.78, 5) is 21.8. The molecule has 6 heteroatoms. The summed E-state index contributed by atoms with van der Waals surface area (Å²) in [7, 11) is 0. The van der Waals surface area contributed by atoms with Gasteiger partial charge < -0.3 is 10.6 Å². The Kier molecular flexibility index (Phi) is 1.93. The van der Waals surface area contributed by atoms with Crippen LogP contribution < -0.4 is 10.6 Å². The molecule has 1 aliphatic carbocycles. The molecule has 6 nitrogen and oxygen atoms in total. The molecular weight excluding hydrogens is 160 g/mol. The molecule has 1 saturated carbocycles. The Morgan fingerprint density at radius 1 is 1.00 bits per heavy atom. The van der Waals surface area contributed by atoms with E-state index in [0.717, 1.165) is 0 Å². The summed E-state index contributed by atoms with van der Waals surface area (Å²) < 4.78 is 0. The van der Waals surface area contributed by atoms with Crippen molar-refractivity contribution < 1.29 is 9.59 Å².